The van der Waals surface area contributed by atoms with Crippen LogP contribution < -0.4 is 15.5 Å². The second-order valence-electron chi connectivity index (χ2n) is 13.3. The minimum atomic E-state index is -1.92. The summed E-state index contributed by atoms with van der Waals surface area (Å²) in [6.07, 6.45) is 3.61. The van der Waals surface area contributed by atoms with Gasteiger partial charge >= 0.3 is 5.69 Å². The summed E-state index contributed by atoms with van der Waals surface area (Å²) in [6, 6.07) is 17.1. The normalized spacial score (nSPS) is 14.2. The summed E-state index contributed by atoms with van der Waals surface area (Å²) in [7, 11) is 17.9. The number of pyridine rings is 1. The van der Waals surface area contributed by atoms with Crippen molar-refractivity contribution in [3.63, 3.8) is 0 Å². The summed E-state index contributed by atoms with van der Waals surface area (Å²) in [5.74, 6) is 0.479. The summed E-state index contributed by atoms with van der Waals surface area (Å²) in [5.41, 5.74) is 4.72. The van der Waals surface area contributed by atoms with Gasteiger partial charge in [0.1, 0.15) is 5.84 Å². The Hall–Kier alpha value is -4.58. The number of anilines is 2. The number of nitrogens with zero attached hydrogens (tertiary/aromatic N) is 7. The van der Waals surface area contributed by atoms with Gasteiger partial charge in [0.25, 0.3) is 0 Å². The van der Waals surface area contributed by atoms with E-state index in [-0.39, 0.29) is 30.6 Å². The van der Waals surface area contributed by atoms with Crippen LogP contribution in [0.2, 0.25) is 0 Å². The van der Waals surface area contributed by atoms with Gasteiger partial charge in [0.15, 0.2) is 5.65 Å². The van der Waals surface area contributed by atoms with Crippen LogP contribution in [0.5, 0.6) is 0 Å². The van der Waals surface area contributed by atoms with Crippen LogP contribution in [0.4, 0.5) is 17.1 Å². The average molecular weight is 655 g/mol. The molecule has 0 aliphatic carbocycles. The molecule has 4 aromatic rings. The van der Waals surface area contributed by atoms with Crippen molar-refractivity contribution in [1.29, 1.82) is 0 Å². The van der Waals surface area contributed by atoms with Crippen molar-refractivity contribution >= 4 is 64.9 Å². The van der Waals surface area contributed by atoms with Gasteiger partial charge in [-0.25, -0.2) is 14.5 Å². The Bertz CT molecular complexity index is 1890. The van der Waals surface area contributed by atoms with Crippen molar-refractivity contribution in [2.75, 3.05) is 42.6 Å². The molecule has 2 aromatic carbocycles. The lowest BCUT2D eigenvalue weighted by atomic mass is 9.48. The molecular formula is C35H40B3N7O4. The van der Waals surface area contributed by atoms with Gasteiger partial charge in [-0.15, -0.1) is 5.10 Å². The van der Waals surface area contributed by atoms with Crippen LogP contribution in [0.3, 0.4) is 0 Å². The maximum absolute atomic E-state index is 13.1. The van der Waals surface area contributed by atoms with Gasteiger partial charge in [0.05, 0.1) is 49.0 Å². The zero-order chi connectivity index (χ0) is 35.3. The quantitative estimate of drug-likeness (QED) is 0.101. The van der Waals surface area contributed by atoms with Crippen molar-refractivity contribution in [1.82, 2.24) is 19.1 Å². The average Bonchev–Trinajstić information content (AvgIpc) is 3.39. The van der Waals surface area contributed by atoms with Crippen molar-refractivity contribution in [2.45, 2.75) is 57.7 Å². The van der Waals surface area contributed by atoms with Crippen LogP contribution in [0.15, 0.2) is 70.6 Å². The number of amides is 2. The third kappa shape index (κ3) is 8.36. The molecule has 3 heterocycles. The molecule has 1 aliphatic heterocycles. The number of carbonyl (C=O) groups excluding carboxylic acids is 2. The molecule has 14 heteroatoms. The van der Waals surface area contributed by atoms with E-state index in [1.807, 2.05) is 64.1 Å². The highest BCUT2D eigenvalue weighted by Gasteiger charge is 2.27. The lowest BCUT2D eigenvalue weighted by Crippen LogP contribution is -2.51. The predicted octanol–water partition coefficient (Wildman–Crippen LogP) is 2.84. The van der Waals surface area contributed by atoms with Crippen molar-refractivity contribution in [3.8, 4) is 0 Å². The van der Waals surface area contributed by atoms with Gasteiger partial charge in [-0.1, -0.05) is 50.3 Å². The van der Waals surface area contributed by atoms with E-state index < -0.39 is 5.24 Å². The van der Waals surface area contributed by atoms with Crippen LogP contribution in [0.1, 0.15) is 43.9 Å². The molecule has 6 radical (unpaired) electrons. The number of carbonyl (C=O) groups is 2. The molecule has 2 amide bonds. The van der Waals surface area contributed by atoms with Crippen molar-refractivity contribution < 1.29 is 14.3 Å². The molecule has 0 spiro atoms. The maximum Gasteiger partial charge on any atom is 0.350 e. The first-order valence-electron chi connectivity index (χ1n) is 16.3. The Kier molecular flexibility index (Phi) is 10.9. The summed E-state index contributed by atoms with van der Waals surface area (Å²) < 4.78 is 8.39. The predicted molar refractivity (Wildman–Crippen MR) is 196 cm³/mol. The smallest absolute Gasteiger partial charge is 0.350 e. The molecule has 1 fully saturated rings. The number of morpholine rings is 1. The Labute approximate surface area is 291 Å². The number of aryl methyl sites for hydroxylation is 2. The van der Waals surface area contributed by atoms with E-state index in [1.54, 1.807) is 23.2 Å². The van der Waals surface area contributed by atoms with E-state index in [1.165, 1.54) is 9.08 Å². The van der Waals surface area contributed by atoms with E-state index >= 15 is 0 Å². The standard InChI is InChI=1S/C35H40B3N7O4/c1-25-8-10-27(41-17-19-49-20-18-41)22-29(25)39-31(13-16-45-33(48)43-14-6-5-7-32(43)40-45)42(23-46)15-12-26-9-11-28(34(2,3)4)30(21-26)44(24-47)35(36,37)38/h5-11,14,21-24H,12-13,15-20H2,1-4H3. The maximum atomic E-state index is 13.1. The summed E-state index contributed by atoms with van der Waals surface area (Å²) >= 11 is 0. The topological polar surface area (TPSA) is 105 Å². The van der Waals surface area contributed by atoms with Crippen LogP contribution in [0, 0.1) is 6.92 Å². The summed E-state index contributed by atoms with van der Waals surface area (Å²) in [4.78, 5) is 47.9. The Morgan fingerprint density at radius 1 is 1.02 bits per heavy atom. The first-order chi connectivity index (χ1) is 23.3. The highest BCUT2D eigenvalue weighted by Crippen LogP contribution is 2.34. The molecule has 2 aromatic heterocycles. The number of amidine groups is 1. The van der Waals surface area contributed by atoms with E-state index in [0.717, 1.165) is 52.5 Å². The third-order valence-corrected chi connectivity index (χ3v) is 8.61. The molecule has 11 nitrogen and oxygen atoms in total. The number of aliphatic imine (C=N–C) groups is 1. The number of fused-ring (bicyclic) bond motifs is 1. The minimum Gasteiger partial charge on any atom is -0.378 e. The largest absolute Gasteiger partial charge is 0.378 e. The lowest BCUT2D eigenvalue weighted by molar-refractivity contribution is -0.115. The molecule has 0 bridgehead atoms. The number of hydrogen-bond acceptors (Lipinski definition) is 7. The zero-order valence-corrected chi connectivity index (χ0v) is 28.6. The van der Waals surface area contributed by atoms with Gasteiger partial charge < -0.3 is 19.4 Å². The summed E-state index contributed by atoms with van der Waals surface area (Å²) in [6.45, 7) is 11.3. The molecule has 1 aliphatic rings. The van der Waals surface area contributed by atoms with E-state index in [9.17, 15) is 14.4 Å². The van der Waals surface area contributed by atoms with Gasteiger partial charge in [-0.05, 0) is 65.8 Å². The third-order valence-electron chi connectivity index (χ3n) is 8.61. The molecule has 5 rings (SSSR count). The molecule has 0 N–H and O–H groups in total. The van der Waals surface area contributed by atoms with E-state index in [4.69, 9.17) is 33.3 Å². The van der Waals surface area contributed by atoms with Crippen LogP contribution in [-0.4, -0.2) is 99.4 Å². The fourth-order valence-corrected chi connectivity index (χ4v) is 5.87. The first-order valence-corrected chi connectivity index (χ1v) is 16.3. The van der Waals surface area contributed by atoms with E-state index in [2.05, 4.69) is 16.1 Å². The molecule has 0 atom stereocenters. The van der Waals surface area contributed by atoms with Gasteiger partial charge in [-0.2, -0.15) is 0 Å². The number of aromatic nitrogens is 3. The number of rotatable bonds is 12. The summed E-state index contributed by atoms with van der Waals surface area (Å²) in [5, 5.41) is 2.55. The lowest BCUT2D eigenvalue weighted by Gasteiger charge is -2.38. The second-order valence-corrected chi connectivity index (χ2v) is 13.3. The zero-order valence-electron chi connectivity index (χ0n) is 28.6. The molecule has 248 valence electrons. The number of benzene rings is 2. The van der Waals surface area contributed by atoms with Gasteiger partial charge in [0, 0.05) is 43.6 Å². The Morgan fingerprint density at radius 3 is 2.43 bits per heavy atom. The van der Waals surface area contributed by atoms with Crippen LogP contribution >= 0.6 is 0 Å². The number of hydrogen-bond donors (Lipinski definition) is 0. The fourth-order valence-electron chi connectivity index (χ4n) is 5.87. The Morgan fingerprint density at radius 2 is 1.78 bits per heavy atom. The Balaban J connectivity index is 1.48. The van der Waals surface area contributed by atoms with Crippen LogP contribution in [-0.2, 0) is 32.7 Å². The van der Waals surface area contributed by atoms with Crippen LogP contribution in [0.25, 0.3) is 5.65 Å². The van der Waals surface area contributed by atoms with E-state index in [0.29, 0.717) is 43.2 Å². The first kappa shape index (κ1) is 35.7. The molecule has 49 heavy (non-hydrogen) atoms. The van der Waals surface area contributed by atoms with Gasteiger partial charge in [-0.3, -0.25) is 14.0 Å². The highest BCUT2D eigenvalue weighted by molar-refractivity contribution is 6.61. The minimum absolute atomic E-state index is 0.205. The monoisotopic (exact) mass is 655 g/mol. The van der Waals surface area contributed by atoms with Crippen molar-refractivity contribution in [2.24, 2.45) is 4.99 Å². The molecular weight excluding hydrogens is 615 g/mol. The molecule has 0 saturated carbocycles. The molecule has 0 unspecified atom stereocenters. The van der Waals surface area contributed by atoms with Gasteiger partial charge in [0.2, 0.25) is 12.8 Å². The highest BCUT2D eigenvalue weighted by atomic mass is 16.5. The fraction of sp³-hybridized carbons (Fsp3) is 0.400. The van der Waals surface area contributed by atoms with Crippen molar-refractivity contribution in [3.05, 3.63) is 88.0 Å². The second kappa shape index (κ2) is 14.9. The molecule has 1 saturated heterocycles. The number of ether oxygens (including phenoxy) is 1. The SMILES string of the molecule is [B]C([B])([B])N(C=O)c1cc(CCN(C=O)C(CCn2nc3ccccn3c2=O)=Nc2cc(N3CCOCC3)ccc2C)ccc1C(C)(C)C.